The van der Waals surface area contributed by atoms with Gasteiger partial charge in [-0.1, -0.05) is 12.1 Å². The van der Waals surface area contributed by atoms with Crippen LogP contribution in [0.4, 0.5) is 0 Å². The van der Waals surface area contributed by atoms with E-state index >= 15 is 0 Å². The number of nitrogens with zero attached hydrogens (tertiary/aromatic N) is 3. The SMILES string of the molecule is Cc1cccc2c1nc(CCCl)n2CCN(C)C. The van der Waals surface area contributed by atoms with Gasteiger partial charge in [0.2, 0.25) is 0 Å². The minimum absolute atomic E-state index is 0.615. The lowest BCUT2D eigenvalue weighted by Gasteiger charge is -2.13. The lowest BCUT2D eigenvalue weighted by Crippen LogP contribution is -2.19. The van der Waals surface area contributed by atoms with Gasteiger partial charge in [-0.3, -0.25) is 0 Å². The highest BCUT2D eigenvalue weighted by Gasteiger charge is 2.11. The van der Waals surface area contributed by atoms with Gasteiger partial charge in [0.1, 0.15) is 5.82 Å². The Morgan fingerprint density at radius 2 is 2.11 bits per heavy atom. The normalized spacial score (nSPS) is 11.6. The van der Waals surface area contributed by atoms with Gasteiger partial charge in [-0.2, -0.15) is 0 Å². The summed E-state index contributed by atoms with van der Waals surface area (Å²) in [5.41, 5.74) is 3.56. The number of halogens is 1. The lowest BCUT2D eigenvalue weighted by atomic mass is 10.2. The molecule has 1 aromatic heterocycles. The molecule has 2 rings (SSSR count). The van der Waals surface area contributed by atoms with Gasteiger partial charge in [0.25, 0.3) is 0 Å². The Balaban J connectivity index is 2.45. The molecule has 0 unspecified atom stereocenters. The molecule has 0 atom stereocenters. The van der Waals surface area contributed by atoms with E-state index in [2.05, 4.69) is 48.7 Å². The second-order valence-corrected chi connectivity index (χ2v) is 5.24. The van der Waals surface area contributed by atoms with E-state index in [4.69, 9.17) is 16.6 Å². The summed E-state index contributed by atoms with van der Waals surface area (Å²) in [5, 5.41) is 0. The summed E-state index contributed by atoms with van der Waals surface area (Å²) in [7, 11) is 4.18. The van der Waals surface area contributed by atoms with Crippen molar-refractivity contribution in [3.63, 3.8) is 0 Å². The van der Waals surface area contributed by atoms with Crippen molar-refractivity contribution in [2.24, 2.45) is 0 Å². The fourth-order valence-corrected chi connectivity index (χ4v) is 2.33. The van der Waals surface area contributed by atoms with Gasteiger partial charge in [-0.15, -0.1) is 11.6 Å². The smallest absolute Gasteiger partial charge is 0.111 e. The predicted molar refractivity (Wildman–Crippen MR) is 77.4 cm³/mol. The molecule has 0 aliphatic carbocycles. The van der Waals surface area contributed by atoms with Gasteiger partial charge in [0.15, 0.2) is 0 Å². The van der Waals surface area contributed by atoms with Crippen LogP contribution in [0.1, 0.15) is 11.4 Å². The molecule has 0 fully saturated rings. The van der Waals surface area contributed by atoms with Gasteiger partial charge >= 0.3 is 0 Å². The summed E-state index contributed by atoms with van der Waals surface area (Å²) in [6, 6.07) is 6.34. The number of benzene rings is 1. The molecule has 18 heavy (non-hydrogen) atoms. The van der Waals surface area contributed by atoms with E-state index in [9.17, 15) is 0 Å². The Kier molecular flexibility index (Phi) is 4.25. The molecular weight excluding hydrogens is 246 g/mol. The van der Waals surface area contributed by atoms with Crippen LogP contribution >= 0.6 is 11.6 Å². The zero-order valence-corrected chi connectivity index (χ0v) is 12.0. The van der Waals surface area contributed by atoms with Gasteiger partial charge in [0, 0.05) is 25.4 Å². The molecule has 0 bridgehead atoms. The maximum atomic E-state index is 5.87. The number of imidazole rings is 1. The van der Waals surface area contributed by atoms with Crippen molar-refractivity contribution >= 4 is 22.6 Å². The summed E-state index contributed by atoms with van der Waals surface area (Å²) < 4.78 is 2.30. The Morgan fingerprint density at radius 3 is 2.78 bits per heavy atom. The highest BCUT2D eigenvalue weighted by Crippen LogP contribution is 2.20. The molecule has 0 aliphatic rings. The maximum Gasteiger partial charge on any atom is 0.111 e. The van der Waals surface area contributed by atoms with E-state index < -0.39 is 0 Å². The van der Waals surface area contributed by atoms with E-state index in [0.717, 1.165) is 30.9 Å². The third-order valence-corrected chi connectivity index (χ3v) is 3.34. The average molecular weight is 266 g/mol. The van der Waals surface area contributed by atoms with Crippen molar-refractivity contribution in [3.8, 4) is 0 Å². The number of alkyl halides is 1. The molecular formula is C14H20ClN3. The molecule has 1 aromatic carbocycles. The molecule has 0 radical (unpaired) electrons. The molecule has 4 heteroatoms. The van der Waals surface area contributed by atoms with Crippen LogP contribution < -0.4 is 0 Å². The topological polar surface area (TPSA) is 21.1 Å². The average Bonchev–Trinajstić information content (AvgIpc) is 2.66. The fraction of sp³-hybridized carbons (Fsp3) is 0.500. The number of aryl methyl sites for hydroxylation is 2. The van der Waals surface area contributed by atoms with Gasteiger partial charge in [-0.05, 0) is 32.6 Å². The van der Waals surface area contributed by atoms with Crippen molar-refractivity contribution in [2.75, 3.05) is 26.5 Å². The number of hydrogen-bond acceptors (Lipinski definition) is 2. The molecule has 2 aromatic rings. The molecule has 0 aliphatic heterocycles. The monoisotopic (exact) mass is 265 g/mol. The van der Waals surface area contributed by atoms with Crippen LogP contribution in [-0.2, 0) is 13.0 Å². The van der Waals surface area contributed by atoms with Crippen LogP contribution in [0.2, 0.25) is 0 Å². The number of hydrogen-bond donors (Lipinski definition) is 0. The van der Waals surface area contributed by atoms with Crippen molar-refractivity contribution in [1.82, 2.24) is 14.5 Å². The van der Waals surface area contributed by atoms with Gasteiger partial charge in [0.05, 0.1) is 11.0 Å². The molecule has 0 saturated heterocycles. The molecule has 3 nitrogen and oxygen atoms in total. The van der Waals surface area contributed by atoms with E-state index in [-0.39, 0.29) is 0 Å². The molecule has 98 valence electrons. The van der Waals surface area contributed by atoms with Crippen LogP contribution in [0.3, 0.4) is 0 Å². The summed E-state index contributed by atoms with van der Waals surface area (Å²) in [4.78, 5) is 6.93. The maximum absolute atomic E-state index is 5.87. The fourth-order valence-electron chi connectivity index (χ4n) is 2.16. The van der Waals surface area contributed by atoms with Gasteiger partial charge < -0.3 is 9.47 Å². The minimum Gasteiger partial charge on any atom is -0.327 e. The number of fused-ring (bicyclic) bond motifs is 1. The minimum atomic E-state index is 0.615. The Hall–Kier alpha value is -1.06. The third-order valence-electron chi connectivity index (χ3n) is 3.15. The van der Waals surface area contributed by atoms with Crippen LogP contribution in [0.5, 0.6) is 0 Å². The second-order valence-electron chi connectivity index (χ2n) is 4.86. The summed E-state index contributed by atoms with van der Waals surface area (Å²) in [6.07, 6.45) is 0.823. The summed E-state index contributed by atoms with van der Waals surface area (Å²) in [5.74, 6) is 1.71. The Labute approximate surface area is 113 Å². The number of rotatable bonds is 5. The summed E-state index contributed by atoms with van der Waals surface area (Å²) in [6.45, 7) is 4.07. The highest BCUT2D eigenvalue weighted by molar-refractivity contribution is 6.17. The van der Waals surface area contributed by atoms with Crippen LogP contribution in [-0.4, -0.2) is 41.0 Å². The number of para-hydroxylation sites is 1. The van der Waals surface area contributed by atoms with Crippen molar-refractivity contribution < 1.29 is 0 Å². The zero-order chi connectivity index (χ0) is 13.1. The second kappa shape index (κ2) is 5.72. The Bertz CT molecular complexity index is 531. The van der Waals surface area contributed by atoms with Crippen molar-refractivity contribution in [1.29, 1.82) is 0 Å². The molecule has 0 amide bonds. The predicted octanol–water partition coefficient (Wildman–Crippen LogP) is 2.69. The third kappa shape index (κ3) is 2.68. The lowest BCUT2D eigenvalue weighted by molar-refractivity contribution is 0.383. The summed E-state index contributed by atoms with van der Waals surface area (Å²) >= 11 is 5.87. The van der Waals surface area contributed by atoms with Crippen LogP contribution in [0, 0.1) is 6.92 Å². The van der Waals surface area contributed by atoms with E-state index in [0.29, 0.717) is 5.88 Å². The van der Waals surface area contributed by atoms with Gasteiger partial charge in [-0.25, -0.2) is 4.98 Å². The molecule has 0 spiro atoms. The van der Waals surface area contributed by atoms with E-state index in [1.807, 2.05) is 0 Å². The quantitative estimate of drug-likeness (QED) is 0.775. The first kappa shape index (κ1) is 13.4. The van der Waals surface area contributed by atoms with E-state index in [1.165, 1.54) is 11.1 Å². The van der Waals surface area contributed by atoms with Crippen molar-refractivity contribution in [2.45, 2.75) is 19.9 Å². The standard InChI is InChI=1S/C14H20ClN3/c1-11-5-4-6-12-14(11)16-13(7-8-15)18(12)10-9-17(2)3/h4-6H,7-10H2,1-3H3. The number of aromatic nitrogens is 2. The first-order valence-corrected chi connectivity index (χ1v) is 6.82. The molecule has 1 heterocycles. The first-order valence-electron chi connectivity index (χ1n) is 6.29. The van der Waals surface area contributed by atoms with Crippen LogP contribution in [0.25, 0.3) is 11.0 Å². The first-order chi connectivity index (χ1) is 8.63. The Morgan fingerprint density at radius 1 is 1.33 bits per heavy atom. The number of likely N-dealkylation sites (N-methyl/N-ethyl adjacent to an activating group) is 1. The molecule has 0 N–H and O–H groups in total. The van der Waals surface area contributed by atoms with Crippen molar-refractivity contribution in [3.05, 3.63) is 29.6 Å². The largest absolute Gasteiger partial charge is 0.327 e. The highest BCUT2D eigenvalue weighted by atomic mass is 35.5. The van der Waals surface area contributed by atoms with E-state index in [1.54, 1.807) is 0 Å². The van der Waals surface area contributed by atoms with Crippen LogP contribution in [0.15, 0.2) is 18.2 Å². The zero-order valence-electron chi connectivity index (χ0n) is 11.3. The molecule has 0 saturated carbocycles.